The minimum absolute atomic E-state index is 0.0841. The van der Waals surface area contributed by atoms with E-state index in [4.69, 9.17) is 0 Å². The first-order chi connectivity index (χ1) is 9.98. The Morgan fingerprint density at radius 1 is 1.29 bits per heavy atom. The van der Waals surface area contributed by atoms with Crippen molar-refractivity contribution in [3.8, 4) is 0 Å². The van der Waals surface area contributed by atoms with Gasteiger partial charge in [-0.2, -0.15) is 0 Å². The molecule has 0 bridgehead atoms. The molecule has 1 atom stereocenters. The molecule has 1 N–H and O–H groups in total. The molecular formula is C18H27BrFN. The van der Waals surface area contributed by atoms with Crippen molar-refractivity contribution in [3.63, 3.8) is 0 Å². The van der Waals surface area contributed by atoms with Crippen LogP contribution in [0, 0.1) is 17.2 Å². The van der Waals surface area contributed by atoms with Gasteiger partial charge in [-0.1, -0.05) is 49.5 Å². The number of rotatable bonds is 6. The molecule has 1 fully saturated rings. The van der Waals surface area contributed by atoms with Gasteiger partial charge in [-0.3, -0.25) is 0 Å². The maximum absolute atomic E-state index is 14.4. The molecule has 1 aromatic rings. The predicted molar refractivity (Wildman–Crippen MR) is 90.9 cm³/mol. The quantitative estimate of drug-likeness (QED) is 0.675. The Bertz CT molecular complexity index is 466. The Hall–Kier alpha value is -0.410. The third-order valence-corrected chi connectivity index (χ3v) is 5.20. The average Bonchev–Trinajstić information content (AvgIpc) is 2.87. The number of hydrogen-bond donors (Lipinski definition) is 1. The third-order valence-electron chi connectivity index (χ3n) is 4.70. The second-order valence-corrected chi connectivity index (χ2v) is 7.74. The van der Waals surface area contributed by atoms with Gasteiger partial charge in [0.1, 0.15) is 5.82 Å². The second kappa shape index (κ2) is 7.23. The summed E-state index contributed by atoms with van der Waals surface area (Å²) in [5, 5.41) is 3.59. The summed E-state index contributed by atoms with van der Waals surface area (Å²) in [6.07, 6.45) is 6.11. The molecule has 0 radical (unpaired) electrons. The molecule has 1 aliphatic rings. The highest BCUT2D eigenvalue weighted by atomic mass is 79.9. The zero-order valence-corrected chi connectivity index (χ0v) is 15.0. The first-order valence-electron chi connectivity index (χ1n) is 8.17. The van der Waals surface area contributed by atoms with Gasteiger partial charge in [-0.15, -0.1) is 0 Å². The number of hydrogen-bond acceptors (Lipinski definition) is 1. The van der Waals surface area contributed by atoms with Crippen molar-refractivity contribution in [1.82, 2.24) is 5.32 Å². The van der Waals surface area contributed by atoms with Crippen molar-refractivity contribution in [3.05, 3.63) is 34.1 Å². The van der Waals surface area contributed by atoms with Crippen LogP contribution in [0.15, 0.2) is 22.7 Å². The average molecular weight is 356 g/mol. The van der Waals surface area contributed by atoms with Crippen LogP contribution in [0.1, 0.15) is 64.5 Å². The van der Waals surface area contributed by atoms with Crippen molar-refractivity contribution in [2.75, 3.05) is 6.54 Å². The van der Waals surface area contributed by atoms with E-state index in [1.54, 1.807) is 12.1 Å². The van der Waals surface area contributed by atoms with Crippen LogP contribution in [0.25, 0.3) is 0 Å². The monoisotopic (exact) mass is 355 g/mol. The highest BCUT2D eigenvalue weighted by Gasteiger charge is 2.42. The smallest absolute Gasteiger partial charge is 0.128 e. The van der Waals surface area contributed by atoms with Crippen molar-refractivity contribution < 1.29 is 4.39 Å². The largest absolute Gasteiger partial charge is 0.310 e. The van der Waals surface area contributed by atoms with E-state index in [2.05, 4.69) is 42.0 Å². The lowest BCUT2D eigenvalue weighted by Gasteiger charge is -2.40. The summed E-state index contributed by atoms with van der Waals surface area (Å²) < 4.78 is 15.4. The predicted octanol–water partition coefficient (Wildman–Crippen LogP) is 5.85. The summed E-state index contributed by atoms with van der Waals surface area (Å²) in [4.78, 5) is 0. The second-order valence-electron chi connectivity index (χ2n) is 6.82. The fourth-order valence-electron chi connectivity index (χ4n) is 4.10. The van der Waals surface area contributed by atoms with Gasteiger partial charge in [0.15, 0.2) is 0 Å². The zero-order valence-electron chi connectivity index (χ0n) is 13.4. The highest BCUT2D eigenvalue weighted by molar-refractivity contribution is 9.10. The molecule has 3 heteroatoms. The maximum atomic E-state index is 14.4. The minimum Gasteiger partial charge on any atom is -0.310 e. The standard InChI is InChI=1S/C18H27BrFN/c1-4-21-17(15-11-14(19)7-8-16(15)20)18(12-13(2)3)9-5-6-10-18/h7-8,11,13,17,21H,4-6,9-10,12H2,1-3H3. The third kappa shape index (κ3) is 3.87. The SMILES string of the molecule is CCNC(c1cc(Br)ccc1F)C1(CC(C)C)CCCC1. The Balaban J connectivity index is 2.42. The van der Waals surface area contributed by atoms with Crippen LogP contribution in [-0.2, 0) is 0 Å². The van der Waals surface area contributed by atoms with Gasteiger partial charge in [0.2, 0.25) is 0 Å². The van der Waals surface area contributed by atoms with Gasteiger partial charge in [0, 0.05) is 16.1 Å². The highest BCUT2D eigenvalue weighted by Crippen LogP contribution is 2.52. The molecule has 21 heavy (non-hydrogen) atoms. The van der Waals surface area contributed by atoms with Gasteiger partial charge < -0.3 is 5.32 Å². The van der Waals surface area contributed by atoms with Crippen LogP contribution in [-0.4, -0.2) is 6.54 Å². The van der Waals surface area contributed by atoms with E-state index < -0.39 is 0 Å². The topological polar surface area (TPSA) is 12.0 Å². The summed E-state index contributed by atoms with van der Waals surface area (Å²) in [7, 11) is 0. The number of halogens is 2. The fraction of sp³-hybridized carbons (Fsp3) is 0.667. The van der Waals surface area contributed by atoms with Gasteiger partial charge >= 0.3 is 0 Å². The van der Waals surface area contributed by atoms with Crippen LogP contribution in [0.3, 0.4) is 0 Å². The van der Waals surface area contributed by atoms with Crippen molar-refractivity contribution in [2.24, 2.45) is 11.3 Å². The first-order valence-corrected chi connectivity index (χ1v) is 8.96. The Labute approximate surface area is 136 Å². The molecule has 1 saturated carbocycles. The lowest BCUT2D eigenvalue weighted by atomic mass is 9.70. The lowest BCUT2D eigenvalue weighted by molar-refractivity contribution is 0.154. The number of nitrogens with one attached hydrogen (secondary N) is 1. The van der Waals surface area contributed by atoms with Crippen LogP contribution >= 0.6 is 15.9 Å². The van der Waals surface area contributed by atoms with E-state index in [0.29, 0.717) is 5.92 Å². The van der Waals surface area contributed by atoms with Gasteiger partial charge in [-0.25, -0.2) is 4.39 Å². The molecule has 0 spiro atoms. The lowest BCUT2D eigenvalue weighted by Crippen LogP contribution is -2.38. The van der Waals surface area contributed by atoms with Crippen LogP contribution < -0.4 is 5.32 Å². The molecule has 0 amide bonds. The summed E-state index contributed by atoms with van der Waals surface area (Å²) >= 11 is 3.50. The molecule has 0 saturated heterocycles. The van der Waals surface area contributed by atoms with Gasteiger partial charge in [0.05, 0.1) is 0 Å². The summed E-state index contributed by atoms with van der Waals surface area (Å²) in [5.41, 5.74) is 1.03. The van der Waals surface area contributed by atoms with E-state index in [0.717, 1.165) is 23.0 Å². The van der Waals surface area contributed by atoms with E-state index in [1.807, 2.05) is 6.07 Å². The maximum Gasteiger partial charge on any atom is 0.128 e. The van der Waals surface area contributed by atoms with Crippen LogP contribution in [0.5, 0.6) is 0 Å². The molecule has 2 rings (SSSR count). The Morgan fingerprint density at radius 3 is 2.52 bits per heavy atom. The van der Waals surface area contributed by atoms with E-state index in [9.17, 15) is 4.39 Å². The van der Waals surface area contributed by atoms with Gasteiger partial charge in [-0.05, 0) is 55.3 Å². The van der Waals surface area contributed by atoms with Crippen molar-refractivity contribution >= 4 is 15.9 Å². The van der Waals surface area contributed by atoms with Crippen molar-refractivity contribution in [1.29, 1.82) is 0 Å². The molecule has 0 aliphatic heterocycles. The molecule has 1 aliphatic carbocycles. The molecule has 1 unspecified atom stereocenters. The van der Waals surface area contributed by atoms with E-state index in [-0.39, 0.29) is 17.3 Å². The zero-order chi connectivity index (χ0) is 15.5. The molecule has 1 aromatic carbocycles. The van der Waals surface area contributed by atoms with E-state index in [1.165, 1.54) is 25.7 Å². The van der Waals surface area contributed by atoms with Gasteiger partial charge in [0.25, 0.3) is 0 Å². The van der Waals surface area contributed by atoms with E-state index >= 15 is 0 Å². The minimum atomic E-state index is -0.0841. The summed E-state index contributed by atoms with van der Waals surface area (Å²) in [6.45, 7) is 7.54. The molecular weight excluding hydrogens is 329 g/mol. The molecule has 118 valence electrons. The van der Waals surface area contributed by atoms with Crippen LogP contribution in [0.2, 0.25) is 0 Å². The normalized spacial score (nSPS) is 19.1. The Kier molecular flexibility index (Phi) is 5.84. The molecule has 1 nitrogen and oxygen atoms in total. The summed E-state index contributed by atoms with van der Waals surface area (Å²) in [6, 6.07) is 5.45. The van der Waals surface area contributed by atoms with Crippen LogP contribution in [0.4, 0.5) is 4.39 Å². The number of benzene rings is 1. The van der Waals surface area contributed by atoms with Crippen molar-refractivity contribution in [2.45, 2.75) is 58.9 Å². The molecule has 0 heterocycles. The summed E-state index contributed by atoms with van der Waals surface area (Å²) in [5.74, 6) is 0.554. The fourth-order valence-corrected chi connectivity index (χ4v) is 4.48. The Morgan fingerprint density at radius 2 is 1.95 bits per heavy atom. The molecule has 0 aromatic heterocycles. The first kappa shape index (κ1) is 17.0.